The zero-order valence-corrected chi connectivity index (χ0v) is 14.1. The molecule has 1 aliphatic heterocycles. The topological polar surface area (TPSA) is 20.2 Å². The molecule has 0 aliphatic carbocycles. The molecule has 0 atom stereocenters. The van der Waals surface area contributed by atoms with Gasteiger partial charge in [-0.2, -0.15) is 0 Å². The molecule has 0 bridgehead atoms. The zero-order chi connectivity index (χ0) is 16.0. The largest absolute Gasteiger partial charge is 0.507 e. The Hall–Kier alpha value is -1.70. The van der Waals surface area contributed by atoms with E-state index in [4.69, 9.17) is 0 Å². The van der Waals surface area contributed by atoms with Crippen molar-refractivity contribution in [3.05, 3.63) is 48.5 Å². The molecular weight excluding hydrogens is 267 g/mol. The van der Waals surface area contributed by atoms with Crippen molar-refractivity contribution in [3.8, 4) is 16.9 Å². The van der Waals surface area contributed by atoms with Crippen molar-refractivity contribution in [2.45, 2.75) is 40.3 Å². The van der Waals surface area contributed by atoms with Crippen molar-refractivity contribution < 1.29 is 5.11 Å². The number of aromatic hydroxyl groups is 1. The summed E-state index contributed by atoms with van der Waals surface area (Å²) in [6.07, 6.45) is 2.49. The monoisotopic (exact) mass is 292 g/mol. The van der Waals surface area contributed by atoms with E-state index in [1.807, 2.05) is 18.2 Å². The van der Waals surface area contributed by atoms with E-state index in [2.05, 4.69) is 52.0 Å². The van der Waals surface area contributed by atoms with E-state index < -0.39 is 0 Å². The van der Waals surface area contributed by atoms with Crippen LogP contribution in [0.5, 0.6) is 5.75 Å². The Kier molecular flexibility index (Phi) is 3.59. The van der Waals surface area contributed by atoms with Gasteiger partial charge < -0.3 is 5.11 Å². The highest BCUT2D eigenvalue weighted by atomic mass is 16.3. The number of phenols is 1. The maximum atomic E-state index is 9.98. The van der Waals surface area contributed by atoms with E-state index in [-0.39, 0.29) is 0 Å². The fourth-order valence-electron chi connectivity index (χ4n) is 3.75. The fraction of sp³-hybridized carbons (Fsp3) is 0.400. The molecule has 0 saturated carbocycles. The van der Waals surface area contributed by atoms with Crippen LogP contribution in [-0.4, -0.2) is 11.8 Å². The second-order valence-corrected chi connectivity index (χ2v) is 8.01. The molecule has 1 N–H and O–H groups in total. The van der Waals surface area contributed by atoms with Gasteiger partial charge >= 0.3 is 0 Å². The summed E-state index contributed by atoms with van der Waals surface area (Å²) < 4.78 is 0. The summed E-state index contributed by atoms with van der Waals surface area (Å²) in [6.45, 7) is 10.2. The molecule has 2 heteroatoms. The second kappa shape index (κ2) is 5.19. The maximum absolute atomic E-state index is 9.98. The van der Waals surface area contributed by atoms with Gasteiger partial charge in [0.1, 0.15) is 5.75 Å². The van der Waals surface area contributed by atoms with E-state index in [1.54, 1.807) is 6.07 Å². The summed E-state index contributed by atoms with van der Waals surface area (Å²) in [7, 11) is 0. The molecule has 0 amide bonds. The van der Waals surface area contributed by atoms with Gasteiger partial charge in [0.25, 0.3) is 0 Å². The highest BCUT2D eigenvalue weighted by Crippen LogP contribution is 2.52. The molecule has 22 heavy (non-hydrogen) atoms. The molecule has 1 saturated heterocycles. The van der Waals surface area contributed by atoms with Crippen LogP contribution in [0.25, 0.3) is 11.1 Å². The average Bonchev–Trinajstić information content (AvgIpc) is 2.68. The highest BCUT2D eigenvalue weighted by Gasteiger charge is 2.47. The predicted octanol–water partition coefficient (Wildman–Crippen LogP) is 4.83. The number of hydrogen-bond acceptors (Lipinski definition) is 1. The molecule has 2 aromatic carbocycles. The van der Waals surface area contributed by atoms with E-state index in [1.165, 1.54) is 18.1 Å². The van der Waals surface area contributed by atoms with Gasteiger partial charge in [-0.15, -0.1) is 0 Å². The average molecular weight is 292 g/mol. The maximum Gasteiger partial charge on any atom is 0.176 e. The molecule has 0 spiro atoms. The van der Waals surface area contributed by atoms with Gasteiger partial charge in [0.05, 0.1) is 0 Å². The Morgan fingerprint density at radius 2 is 1.36 bits per heavy atom. The Morgan fingerprint density at radius 1 is 0.818 bits per heavy atom. The SMILES string of the molecule is CC1(C)CB(c2ccc(-c3ccccc3O)cc2)CC1(C)C. The van der Waals surface area contributed by atoms with Gasteiger partial charge in [0, 0.05) is 5.56 Å². The minimum absolute atomic E-state index is 0.346. The van der Waals surface area contributed by atoms with Crippen molar-refractivity contribution in [3.63, 3.8) is 0 Å². The summed E-state index contributed by atoms with van der Waals surface area (Å²) in [5, 5.41) is 9.98. The Labute approximate surface area is 134 Å². The first-order valence-electron chi connectivity index (χ1n) is 8.18. The lowest BCUT2D eigenvalue weighted by Gasteiger charge is -2.35. The fourth-order valence-corrected chi connectivity index (χ4v) is 3.75. The third-order valence-corrected chi connectivity index (χ3v) is 5.94. The van der Waals surface area contributed by atoms with E-state index in [9.17, 15) is 5.11 Å². The first-order chi connectivity index (χ1) is 10.3. The molecule has 1 heterocycles. The predicted molar refractivity (Wildman–Crippen MR) is 96.1 cm³/mol. The summed E-state index contributed by atoms with van der Waals surface area (Å²) in [4.78, 5) is 0. The van der Waals surface area contributed by atoms with Gasteiger partial charge in [-0.05, 0) is 22.5 Å². The molecule has 114 valence electrons. The third kappa shape index (κ3) is 2.56. The molecular formula is C20H25BO. The summed E-state index contributed by atoms with van der Waals surface area (Å²) >= 11 is 0. The lowest BCUT2D eigenvalue weighted by atomic mass is 9.42. The van der Waals surface area contributed by atoms with Gasteiger partial charge in [0.15, 0.2) is 6.71 Å². The molecule has 3 rings (SSSR count). The third-order valence-electron chi connectivity index (χ3n) is 5.94. The van der Waals surface area contributed by atoms with Crippen LogP contribution in [-0.2, 0) is 0 Å². The van der Waals surface area contributed by atoms with Crippen LogP contribution in [0.1, 0.15) is 27.7 Å². The van der Waals surface area contributed by atoms with Gasteiger partial charge in [-0.25, -0.2) is 0 Å². The smallest absolute Gasteiger partial charge is 0.176 e. The molecule has 0 radical (unpaired) electrons. The molecule has 0 aromatic heterocycles. The first-order valence-corrected chi connectivity index (χ1v) is 8.18. The molecule has 1 fully saturated rings. The van der Waals surface area contributed by atoms with E-state index >= 15 is 0 Å². The van der Waals surface area contributed by atoms with Crippen molar-refractivity contribution >= 4 is 12.2 Å². The number of rotatable bonds is 2. The summed E-state index contributed by atoms with van der Waals surface area (Å²) in [5.41, 5.74) is 4.18. The molecule has 1 nitrogen and oxygen atoms in total. The Balaban J connectivity index is 1.86. The van der Waals surface area contributed by atoms with Crippen LogP contribution in [0.4, 0.5) is 0 Å². The minimum Gasteiger partial charge on any atom is -0.507 e. The van der Waals surface area contributed by atoms with Gasteiger partial charge in [0.2, 0.25) is 0 Å². The quantitative estimate of drug-likeness (QED) is 0.786. The summed E-state index contributed by atoms with van der Waals surface area (Å²) in [6, 6.07) is 16.3. The van der Waals surface area contributed by atoms with Crippen molar-refractivity contribution in [2.24, 2.45) is 10.8 Å². The zero-order valence-electron chi connectivity index (χ0n) is 14.1. The van der Waals surface area contributed by atoms with Crippen molar-refractivity contribution in [1.29, 1.82) is 0 Å². The minimum atomic E-state index is 0.346. The Morgan fingerprint density at radius 3 is 1.91 bits per heavy atom. The molecule has 0 unspecified atom stereocenters. The van der Waals surface area contributed by atoms with E-state index in [0.717, 1.165) is 11.1 Å². The summed E-state index contributed by atoms with van der Waals surface area (Å²) in [5.74, 6) is 0.346. The highest BCUT2D eigenvalue weighted by molar-refractivity contribution is 6.74. The molecule has 2 aromatic rings. The lowest BCUT2D eigenvalue weighted by molar-refractivity contribution is 0.177. The van der Waals surface area contributed by atoms with E-state index in [0.29, 0.717) is 23.3 Å². The van der Waals surface area contributed by atoms with Crippen LogP contribution in [0, 0.1) is 10.8 Å². The van der Waals surface area contributed by atoms with Crippen LogP contribution in [0.15, 0.2) is 48.5 Å². The number of hydrogen-bond donors (Lipinski definition) is 1. The van der Waals surface area contributed by atoms with Crippen LogP contribution in [0.3, 0.4) is 0 Å². The number of para-hydroxylation sites is 1. The van der Waals surface area contributed by atoms with Crippen LogP contribution >= 0.6 is 0 Å². The van der Waals surface area contributed by atoms with Gasteiger partial charge in [-0.3, -0.25) is 0 Å². The van der Waals surface area contributed by atoms with Crippen LogP contribution in [0.2, 0.25) is 12.6 Å². The standard InChI is InChI=1S/C20H25BO/c1-19(2)13-21(14-20(19,3)4)16-11-9-15(10-12-16)17-7-5-6-8-18(17)22/h5-12,22H,13-14H2,1-4H3. The normalized spacial score (nSPS) is 19.4. The number of benzene rings is 2. The number of phenolic OH excluding ortho intramolecular Hbond substituents is 1. The Bertz CT molecular complexity index is 654. The molecule has 1 aliphatic rings. The lowest BCUT2D eigenvalue weighted by Crippen LogP contribution is -2.27. The van der Waals surface area contributed by atoms with Gasteiger partial charge in [-0.1, -0.05) is 88.3 Å². The first kappa shape index (κ1) is 15.2. The van der Waals surface area contributed by atoms with Crippen molar-refractivity contribution in [1.82, 2.24) is 0 Å². The van der Waals surface area contributed by atoms with Crippen LogP contribution < -0.4 is 5.46 Å². The van der Waals surface area contributed by atoms with Crippen molar-refractivity contribution in [2.75, 3.05) is 0 Å². The second-order valence-electron chi connectivity index (χ2n) is 8.01.